The fourth-order valence-electron chi connectivity index (χ4n) is 1.92. The molecule has 0 fully saturated rings. The molecule has 23 heavy (non-hydrogen) atoms. The van der Waals surface area contributed by atoms with Crippen LogP contribution in [0.3, 0.4) is 0 Å². The molecule has 0 saturated heterocycles. The van der Waals surface area contributed by atoms with Crippen molar-refractivity contribution in [3.8, 4) is 0 Å². The highest BCUT2D eigenvalue weighted by Crippen LogP contribution is 2.12. The maximum Gasteiger partial charge on any atom is 0.243 e. The Balaban J connectivity index is 2.04. The predicted octanol–water partition coefficient (Wildman–Crippen LogP) is 1.85. The standard InChI is InChI=1S/C15H19N3O4S/c1-4-12-5-7-13(8-6-12)23(20,21)18-11(3)15(19)16-14-9-10(2)22-17-14/h5-9,11,18H,4H2,1-3H3,(H,16,17,19)/t11-/m1/s1. The average molecular weight is 337 g/mol. The Labute approximate surface area is 135 Å². The lowest BCUT2D eigenvalue weighted by Crippen LogP contribution is -2.41. The molecule has 2 rings (SSSR count). The molecule has 1 heterocycles. The molecule has 0 unspecified atom stereocenters. The topological polar surface area (TPSA) is 101 Å². The van der Waals surface area contributed by atoms with E-state index in [4.69, 9.17) is 4.52 Å². The van der Waals surface area contributed by atoms with Gasteiger partial charge in [-0.15, -0.1) is 0 Å². The van der Waals surface area contributed by atoms with Gasteiger partial charge in [0.2, 0.25) is 15.9 Å². The van der Waals surface area contributed by atoms with Gasteiger partial charge >= 0.3 is 0 Å². The van der Waals surface area contributed by atoms with Crippen molar-refractivity contribution in [2.75, 3.05) is 5.32 Å². The molecule has 0 aliphatic rings. The first-order valence-corrected chi connectivity index (χ1v) is 8.65. The maximum atomic E-state index is 12.3. The molecule has 1 atom stereocenters. The van der Waals surface area contributed by atoms with Gasteiger partial charge in [-0.3, -0.25) is 4.79 Å². The van der Waals surface area contributed by atoms with Crippen LogP contribution in [0.2, 0.25) is 0 Å². The van der Waals surface area contributed by atoms with Crippen molar-refractivity contribution in [3.63, 3.8) is 0 Å². The summed E-state index contributed by atoms with van der Waals surface area (Å²) in [5, 5.41) is 6.11. The molecule has 0 aliphatic heterocycles. The second-order valence-electron chi connectivity index (χ2n) is 5.15. The summed E-state index contributed by atoms with van der Waals surface area (Å²) in [6, 6.07) is 7.12. The van der Waals surface area contributed by atoms with Crippen molar-refractivity contribution in [1.82, 2.24) is 9.88 Å². The summed E-state index contributed by atoms with van der Waals surface area (Å²) in [4.78, 5) is 12.1. The second kappa shape index (κ2) is 6.93. The number of nitrogens with one attached hydrogen (secondary N) is 2. The summed E-state index contributed by atoms with van der Waals surface area (Å²) < 4.78 is 31.7. The van der Waals surface area contributed by atoms with Crippen LogP contribution in [0, 0.1) is 6.92 Å². The predicted molar refractivity (Wildman–Crippen MR) is 85.5 cm³/mol. The molecule has 0 saturated carbocycles. The van der Waals surface area contributed by atoms with Crippen LogP contribution in [0.1, 0.15) is 25.2 Å². The van der Waals surface area contributed by atoms with Gasteiger partial charge in [0, 0.05) is 6.07 Å². The molecule has 1 amide bonds. The minimum Gasteiger partial charge on any atom is -0.360 e. The zero-order valence-electron chi connectivity index (χ0n) is 13.2. The van der Waals surface area contributed by atoms with Gasteiger partial charge in [-0.25, -0.2) is 8.42 Å². The summed E-state index contributed by atoms with van der Waals surface area (Å²) in [7, 11) is -3.77. The number of nitrogens with zero attached hydrogens (tertiary/aromatic N) is 1. The molecule has 2 N–H and O–H groups in total. The average Bonchev–Trinajstić information content (AvgIpc) is 2.92. The first-order valence-electron chi connectivity index (χ1n) is 7.17. The van der Waals surface area contributed by atoms with E-state index in [1.807, 2.05) is 6.92 Å². The molecule has 124 valence electrons. The molecular weight excluding hydrogens is 318 g/mol. The zero-order chi connectivity index (χ0) is 17.0. The lowest BCUT2D eigenvalue weighted by atomic mass is 10.2. The smallest absolute Gasteiger partial charge is 0.243 e. The van der Waals surface area contributed by atoms with Crippen LogP contribution < -0.4 is 10.0 Å². The van der Waals surface area contributed by atoms with Gasteiger partial charge in [0.05, 0.1) is 10.9 Å². The Morgan fingerprint density at radius 2 is 1.96 bits per heavy atom. The van der Waals surface area contributed by atoms with Gasteiger partial charge in [0.1, 0.15) is 5.76 Å². The largest absolute Gasteiger partial charge is 0.360 e. The lowest BCUT2D eigenvalue weighted by Gasteiger charge is -2.13. The number of benzene rings is 1. The van der Waals surface area contributed by atoms with Crippen LogP contribution in [0.25, 0.3) is 0 Å². The van der Waals surface area contributed by atoms with Crippen LogP contribution in [0.5, 0.6) is 0 Å². The van der Waals surface area contributed by atoms with E-state index in [9.17, 15) is 13.2 Å². The van der Waals surface area contributed by atoms with E-state index in [0.29, 0.717) is 5.76 Å². The van der Waals surface area contributed by atoms with Crippen molar-refractivity contribution >= 4 is 21.7 Å². The minimum absolute atomic E-state index is 0.117. The van der Waals surface area contributed by atoms with Crippen LogP contribution in [-0.4, -0.2) is 25.5 Å². The Morgan fingerprint density at radius 1 is 1.30 bits per heavy atom. The number of hydrogen-bond donors (Lipinski definition) is 2. The van der Waals surface area contributed by atoms with E-state index >= 15 is 0 Å². The molecule has 2 aromatic rings. The number of aromatic nitrogens is 1. The van der Waals surface area contributed by atoms with Crippen LogP contribution in [0.4, 0.5) is 5.82 Å². The van der Waals surface area contributed by atoms with E-state index in [2.05, 4.69) is 15.2 Å². The van der Waals surface area contributed by atoms with Gasteiger partial charge in [-0.2, -0.15) is 4.72 Å². The Bertz CT molecular complexity index is 781. The lowest BCUT2D eigenvalue weighted by molar-refractivity contribution is -0.117. The van der Waals surface area contributed by atoms with E-state index in [-0.39, 0.29) is 10.7 Å². The van der Waals surface area contributed by atoms with Gasteiger partial charge in [-0.05, 0) is 38.0 Å². The molecule has 1 aromatic heterocycles. The van der Waals surface area contributed by atoms with Crippen molar-refractivity contribution < 1.29 is 17.7 Å². The van der Waals surface area contributed by atoms with Crippen LogP contribution in [-0.2, 0) is 21.2 Å². The van der Waals surface area contributed by atoms with Crippen molar-refractivity contribution in [2.24, 2.45) is 0 Å². The summed E-state index contributed by atoms with van der Waals surface area (Å²) in [6.45, 7) is 5.13. The van der Waals surface area contributed by atoms with Gasteiger partial charge < -0.3 is 9.84 Å². The third-order valence-electron chi connectivity index (χ3n) is 3.25. The second-order valence-corrected chi connectivity index (χ2v) is 6.87. The van der Waals surface area contributed by atoms with E-state index in [0.717, 1.165) is 12.0 Å². The first kappa shape index (κ1) is 17.2. The summed E-state index contributed by atoms with van der Waals surface area (Å²) in [5.74, 6) is 0.266. The SMILES string of the molecule is CCc1ccc(S(=O)(=O)N[C@H](C)C(=O)Nc2cc(C)on2)cc1. The number of aryl methyl sites for hydroxylation is 2. The number of rotatable bonds is 6. The highest BCUT2D eigenvalue weighted by molar-refractivity contribution is 7.89. The zero-order valence-corrected chi connectivity index (χ0v) is 14.0. The van der Waals surface area contributed by atoms with Gasteiger partial charge in [0.25, 0.3) is 0 Å². The molecule has 0 bridgehead atoms. The Hall–Kier alpha value is -2.19. The summed E-state index contributed by atoms with van der Waals surface area (Å²) >= 11 is 0. The highest BCUT2D eigenvalue weighted by atomic mass is 32.2. The Kier molecular flexibility index (Phi) is 5.17. The first-order chi connectivity index (χ1) is 10.8. The molecule has 7 nitrogen and oxygen atoms in total. The molecule has 1 aromatic carbocycles. The highest BCUT2D eigenvalue weighted by Gasteiger charge is 2.22. The molecule has 0 spiro atoms. The Morgan fingerprint density at radius 3 is 2.48 bits per heavy atom. The van der Waals surface area contributed by atoms with E-state index in [1.165, 1.54) is 19.1 Å². The van der Waals surface area contributed by atoms with Crippen LogP contribution in [0.15, 0.2) is 39.8 Å². The monoisotopic (exact) mass is 337 g/mol. The molecule has 0 aliphatic carbocycles. The van der Waals surface area contributed by atoms with E-state index in [1.54, 1.807) is 25.1 Å². The maximum absolute atomic E-state index is 12.3. The fraction of sp³-hybridized carbons (Fsp3) is 0.333. The van der Waals surface area contributed by atoms with Crippen molar-refractivity contribution in [3.05, 3.63) is 41.7 Å². The van der Waals surface area contributed by atoms with Crippen molar-refractivity contribution in [2.45, 2.75) is 38.1 Å². The minimum atomic E-state index is -3.77. The molecule has 0 radical (unpaired) electrons. The summed E-state index contributed by atoms with van der Waals surface area (Å²) in [5.41, 5.74) is 1.04. The third kappa shape index (κ3) is 4.40. The quantitative estimate of drug-likeness (QED) is 0.837. The number of anilines is 1. The van der Waals surface area contributed by atoms with Crippen LogP contribution >= 0.6 is 0 Å². The number of sulfonamides is 1. The van der Waals surface area contributed by atoms with Crippen molar-refractivity contribution in [1.29, 1.82) is 0 Å². The third-order valence-corrected chi connectivity index (χ3v) is 4.80. The van der Waals surface area contributed by atoms with E-state index < -0.39 is 22.0 Å². The fourth-order valence-corrected chi connectivity index (χ4v) is 3.12. The normalized spacial score (nSPS) is 12.8. The van der Waals surface area contributed by atoms with Gasteiger partial charge in [-0.1, -0.05) is 24.2 Å². The molecular formula is C15H19N3O4S. The number of amides is 1. The molecule has 8 heteroatoms. The number of carbonyl (C=O) groups is 1. The summed E-state index contributed by atoms with van der Waals surface area (Å²) in [6.07, 6.45) is 0.823. The number of carbonyl (C=O) groups excluding carboxylic acids is 1. The van der Waals surface area contributed by atoms with Gasteiger partial charge in [0.15, 0.2) is 5.82 Å². The number of hydrogen-bond acceptors (Lipinski definition) is 5.